The van der Waals surface area contributed by atoms with E-state index in [0.717, 1.165) is 32.5 Å². The van der Waals surface area contributed by atoms with Gasteiger partial charge in [-0.05, 0) is 24.7 Å². The number of rotatable bonds is 2. The van der Waals surface area contributed by atoms with Gasteiger partial charge in [0.2, 0.25) is 0 Å². The highest BCUT2D eigenvalue weighted by Crippen LogP contribution is 2.46. The lowest BCUT2D eigenvalue weighted by Gasteiger charge is -2.41. The zero-order valence-corrected chi connectivity index (χ0v) is 9.05. The van der Waals surface area contributed by atoms with Gasteiger partial charge in [-0.15, -0.1) is 6.58 Å². The van der Waals surface area contributed by atoms with E-state index in [4.69, 9.17) is 9.47 Å². The lowest BCUT2D eigenvalue weighted by Crippen LogP contribution is -2.38. The van der Waals surface area contributed by atoms with E-state index < -0.39 is 0 Å². The van der Waals surface area contributed by atoms with Crippen molar-refractivity contribution in [1.29, 1.82) is 0 Å². The van der Waals surface area contributed by atoms with Gasteiger partial charge in [0.05, 0.1) is 13.2 Å². The second-order valence-electron chi connectivity index (χ2n) is 4.91. The Kier molecular flexibility index (Phi) is 2.67. The maximum Gasteiger partial charge on any atom is 0.168 e. The van der Waals surface area contributed by atoms with E-state index in [2.05, 4.69) is 13.5 Å². The van der Waals surface area contributed by atoms with Crippen LogP contribution in [0.2, 0.25) is 0 Å². The van der Waals surface area contributed by atoms with Crippen molar-refractivity contribution in [3.05, 3.63) is 12.7 Å². The van der Waals surface area contributed by atoms with Crippen LogP contribution in [-0.4, -0.2) is 19.0 Å². The van der Waals surface area contributed by atoms with Gasteiger partial charge in [0.25, 0.3) is 0 Å². The molecule has 2 heteroatoms. The molecule has 1 aliphatic heterocycles. The second-order valence-corrected chi connectivity index (χ2v) is 4.91. The molecule has 1 saturated carbocycles. The van der Waals surface area contributed by atoms with Crippen molar-refractivity contribution in [1.82, 2.24) is 0 Å². The van der Waals surface area contributed by atoms with E-state index in [9.17, 15) is 0 Å². The molecule has 14 heavy (non-hydrogen) atoms. The van der Waals surface area contributed by atoms with Crippen molar-refractivity contribution in [3.63, 3.8) is 0 Å². The van der Waals surface area contributed by atoms with Gasteiger partial charge in [-0.1, -0.05) is 13.0 Å². The monoisotopic (exact) mass is 196 g/mol. The van der Waals surface area contributed by atoms with E-state index >= 15 is 0 Å². The quantitative estimate of drug-likeness (QED) is 0.632. The number of allylic oxidation sites excluding steroid dienone is 1. The third-order valence-electron chi connectivity index (χ3n) is 3.67. The first-order chi connectivity index (χ1) is 6.68. The molecule has 2 nitrogen and oxygen atoms in total. The minimum Gasteiger partial charge on any atom is -0.348 e. The van der Waals surface area contributed by atoms with Crippen LogP contribution < -0.4 is 0 Å². The van der Waals surface area contributed by atoms with Crippen LogP contribution in [0.5, 0.6) is 0 Å². The van der Waals surface area contributed by atoms with Crippen LogP contribution in [0.25, 0.3) is 0 Å². The maximum atomic E-state index is 5.70. The highest BCUT2D eigenvalue weighted by atomic mass is 16.7. The smallest absolute Gasteiger partial charge is 0.168 e. The van der Waals surface area contributed by atoms with E-state index in [1.807, 2.05) is 6.08 Å². The maximum absolute atomic E-state index is 5.70. The summed E-state index contributed by atoms with van der Waals surface area (Å²) in [5, 5.41) is 0. The fraction of sp³-hybridized carbons (Fsp3) is 0.833. The van der Waals surface area contributed by atoms with Crippen LogP contribution >= 0.6 is 0 Å². The standard InChI is InChI=1S/C12H20O2/c1-3-4-11(2)5-7-12(8-6-11)13-9-10-14-12/h3H,1,4-10H2,2H3. The van der Waals surface area contributed by atoms with Gasteiger partial charge in [0.15, 0.2) is 5.79 Å². The van der Waals surface area contributed by atoms with Crippen LogP contribution in [0.15, 0.2) is 12.7 Å². The Labute approximate surface area is 86.3 Å². The topological polar surface area (TPSA) is 18.5 Å². The molecule has 2 rings (SSSR count). The third kappa shape index (κ3) is 1.86. The molecule has 0 radical (unpaired) electrons. The molecule has 1 aliphatic carbocycles. The molecule has 2 aliphatic rings. The molecule has 0 atom stereocenters. The van der Waals surface area contributed by atoms with E-state index in [1.165, 1.54) is 12.8 Å². The predicted octanol–water partition coefficient (Wildman–Crippen LogP) is 2.89. The Bertz CT molecular complexity index is 206. The summed E-state index contributed by atoms with van der Waals surface area (Å²) >= 11 is 0. The first-order valence-corrected chi connectivity index (χ1v) is 5.57. The molecular formula is C12H20O2. The summed E-state index contributed by atoms with van der Waals surface area (Å²) in [6.45, 7) is 7.72. The lowest BCUT2D eigenvalue weighted by atomic mass is 9.71. The summed E-state index contributed by atoms with van der Waals surface area (Å²) in [6, 6.07) is 0. The van der Waals surface area contributed by atoms with Crippen molar-refractivity contribution < 1.29 is 9.47 Å². The zero-order valence-electron chi connectivity index (χ0n) is 9.05. The second kappa shape index (κ2) is 3.67. The number of hydrogen-bond donors (Lipinski definition) is 0. The molecule has 0 N–H and O–H groups in total. The first-order valence-electron chi connectivity index (χ1n) is 5.57. The summed E-state index contributed by atoms with van der Waals surface area (Å²) < 4.78 is 11.4. The van der Waals surface area contributed by atoms with E-state index in [1.54, 1.807) is 0 Å². The van der Waals surface area contributed by atoms with Crippen LogP contribution in [0, 0.1) is 5.41 Å². The minimum atomic E-state index is -0.208. The van der Waals surface area contributed by atoms with Gasteiger partial charge in [-0.25, -0.2) is 0 Å². The van der Waals surface area contributed by atoms with Gasteiger partial charge < -0.3 is 9.47 Å². The summed E-state index contributed by atoms with van der Waals surface area (Å²) in [5.74, 6) is -0.208. The Morgan fingerprint density at radius 1 is 1.14 bits per heavy atom. The van der Waals surface area contributed by atoms with E-state index in [0.29, 0.717) is 5.41 Å². The third-order valence-corrected chi connectivity index (χ3v) is 3.67. The lowest BCUT2D eigenvalue weighted by molar-refractivity contribution is -0.190. The first kappa shape index (κ1) is 10.2. The van der Waals surface area contributed by atoms with Gasteiger partial charge in [0.1, 0.15) is 0 Å². The summed E-state index contributed by atoms with van der Waals surface area (Å²) in [4.78, 5) is 0. The van der Waals surface area contributed by atoms with Crippen molar-refractivity contribution in [3.8, 4) is 0 Å². The molecule has 1 spiro atoms. The highest BCUT2D eigenvalue weighted by Gasteiger charge is 2.43. The molecule has 0 aromatic rings. The van der Waals surface area contributed by atoms with Crippen molar-refractivity contribution in [2.75, 3.05) is 13.2 Å². The highest BCUT2D eigenvalue weighted by molar-refractivity contribution is 4.92. The largest absolute Gasteiger partial charge is 0.348 e. The normalized spacial score (nSPS) is 29.2. The van der Waals surface area contributed by atoms with E-state index in [-0.39, 0.29) is 5.79 Å². The fourth-order valence-corrected chi connectivity index (χ4v) is 2.57. The SMILES string of the molecule is C=CCC1(C)CCC2(CC1)OCCO2. The van der Waals surface area contributed by atoms with Gasteiger partial charge in [-0.2, -0.15) is 0 Å². The molecule has 0 aromatic heterocycles. The molecule has 2 fully saturated rings. The summed E-state index contributed by atoms with van der Waals surface area (Å²) in [7, 11) is 0. The van der Waals surface area contributed by atoms with Crippen molar-refractivity contribution in [2.45, 2.75) is 44.8 Å². The summed E-state index contributed by atoms with van der Waals surface area (Å²) in [5.41, 5.74) is 0.433. The van der Waals surface area contributed by atoms with Crippen LogP contribution in [0.3, 0.4) is 0 Å². The average Bonchev–Trinajstić information content (AvgIpc) is 2.61. The number of hydrogen-bond acceptors (Lipinski definition) is 2. The molecule has 0 amide bonds. The zero-order chi connectivity index (χ0) is 10.1. The van der Waals surface area contributed by atoms with Gasteiger partial charge >= 0.3 is 0 Å². The molecule has 0 aromatic carbocycles. The van der Waals surface area contributed by atoms with Gasteiger partial charge in [0, 0.05) is 12.8 Å². The fourth-order valence-electron chi connectivity index (χ4n) is 2.57. The van der Waals surface area contributed by atoms with Crippen molar-refractivity contribution >= 4 is 0 Å². The molecule has 0 unspecified atom stereocenters. The predicted molar refractivity (Wildman–Crippen MR) is 56.0 cm³/mol. The minimum absolute atomic E-state index is 0.208. The molecule has 1 heterocycles. The molecule has 1 saturated heterocycles. The van der Waals surface area contributed by atoms with Crippen LogP contribution in [0.1, 0.15) is 39.0 Å². The molecular weight excluding hydrogens is 176 g/mol. The number of ether oxygens (including phenoxy) is 2. The van der Waals surface area contributed by atoms with Crippen LogP contribution in [0.4, 0.5) is 0 Å². The molecule has 80 valence electrons. The van der Waals surface area contributed by atoms with Crippen molar-refractivity contribution in [2.24, 2.45) is 5.41 Å². The Balaban J connectivity index is 1.93. The summed E-state index contributed by atoms with van der Waals surface area (Å²) in [6.07, 6.45) is 7.64. The molecule has 0 bridgehead atoms. The Morgan fingerprint density at radius 2 is 1.71 bits per heavy atom. The van der Waals surface area contributed by atoms with Crippen LogP contribution in [-0.2, 0) is 9.47 Å². The Morgan fingerprint density at radius 3 is 2.21 bits per heavy atom. The average molecular weight is 196 g/mol. The van der Waals surface area contributed by atoms with Gasteiger partial charge in [-0.3, -0.25) is 0 Å². The Hall–Kier alpha value is -0.340.